The van der Waals surface area contributed by atoms with Crippen LogP contribution >= 0.6 is 0 Å². The van der Waals surface area contributed by atoms with Crippen LogP contribution in [0.4, 0.5) is 0 Å². The number of unbranched alkanes of at least 4 members (excludes halogenated alkanes) is 24. The molecule has 314 valence electrons. The highest BCUT2D eigenvalue weighted by molar-refractivity contribution is 5.71. The summed E-state index contributed by atoms with van der Waals surface area (Å²) in [5, 5.41) is 0. The van der Waals surface area contributed by atoms with Crippen molar-refractivity contribution in [3.8, 4) is 0 Å². The van der Waals surface area contributed by atoms with Gasteiger partial charge in [0.1, 0.15) is 13.2 Å². The zero-order valence-corrected chi connectivity index (χ0v) is 35.7. The highest BCUT2D eigenvalue weighted by Gasteiger charge is 2.19. The minimum atomic E-state index is -0.776. The molecule has 0 spiro atoms. The van der Waals surface area contributed by atoms with Crippen LogP contribution in [0.15, 0.2) is 36.5 Å². The topological polar surface area (TPSA) is 78.9 Å². The number of carbonyl (C=O) groups excluding carboxylic acids is 3. The Morgan fingerprint density at radius 2 is 0.741 bits per heavy atom. The van der Waals surface area contributed by atoms with Crippen molar-refractivity contribution in [2.75, 3.05) is 13.2 Å². The first-order valence-corrected chi connectivity index (χ1v) is 23.0. The zero-order valence-electron chi connectivity index (χ0n) is 35.7. The lowest BCUT2D eigenvalue weighted by Crippen LogP contribution is -2.30. The van der Waals surface area contributed by atoms with Gasteiger partial charge in [0, 0.05) is 19.3 Å². The van der Waals surface area contributed by atoms with Crippen LogP contribution in [-0.4, -0.2) is 37.2 Å². The van der Waals surface area contributed by atoms with E-state index in [0.29, 0.717) is 19.3 Å². The Balaban J connectivity index is 4.38. The number of hydrogen-bond donors (Lipinski definition) is 0. The molecule has 0 aliphatic heterocycles. The molecule has 6 heteroatoms. The number of rotatable bonds is 41. The Bertz CT molecular complexity index is 922. The second kappa shape index (κ2) is 43.4. The van der Waals surface area contributed by atoms with Crippen LogP contribution in [0.3, 0.4) is 0 Å². The smallest absolute Gasteiger partial charge is 0.306 e. The van der Waals surface area contributed by atoms with Crippen molar-refractivity contribution in [3.05, 3.63) is 36.5 Å². The fourth-order valence-corrected chi connectivity index (χ4v) is 6.40. The third-order valence-corrected chi connectivity index (χ3v) is 9.88. The van der Waals surface area contributed by atoms with Crippen molar-refractivity contribution >= 4 is 17.9 Å². The normalized spacial score (nSPS) is 12.3. The van der Waals surface area contributed by atoms with Crippen LogP contribution in [-0.2, 0) is 28.6 Å². The Morgan fingerprint density at radius 1 is 0.389 bits per heavy atom. The monoisotopic (exact) mass is 759 g/mol. The molecule has 0 amide bonds. The highest BCUT2D eigenvalue weighted by atomic mass is 16.6. The van der Waals surface area contributed by atoms with E-state index in [1.165, 1.54) is 96.3 Å². The van der Waals surface area contributed by atoms with E-state index in [0.717, 1.165) is 96.3 Å². The first kappa shape index (κ1) is 51.6. The van der Waals surface area contributed by atoms with Gasteiger partial charge in [0.25, 0.3) is 0 Å². The maximum atomic E-state index is 12.7. The van der Waals surface area contributed by atoms with Gasteiger partial charge in [0.05, 0.1) is 0 Å². The van der Waals surface area contributed by atoms with E-state index < -0.39 is 6.10 Å². The van der Waals surface area contributed by atoms with Crippen molar-refractivity contribution in [1.82, 2.24) is 0 Å². The Kier molecular flexibility index (Phi) is 41.5. The summed E-state index contributed by atoms with van der Waals surface area (Å²) in [6.07, 6.45) is 48.4. The lowest BCUT2D eigenvalue weighted by atomic mass is 10.0. The third kappa shape index (κ3) is 40.8. The molecule has 0 heterocycles. The molecule has 1 unspecified atom stereocenters. The quantitative estimate of drug-likeness (QED) is 0.0267. The summed E-state index contributed by atoms with van der Waals surface area (Å²) in [5.74, 6) is -0.901. The Hall–Kier alpha value is -2.37. The molecule has 0 aliphatic carbocycles. The van der Waals surface area contributed by atoms with E-state index in [-0.39, 0.29) is 31.1 Å². The minimum Gasteiger partial charge on any atom is -0.462 e. The van der Waals surface area contributed by atoms with Crippen LogP contribution < -0.4 is 0 Å². The number of allylic oxidation sites excluding steroid dienone is 6. The van der Waals surface area contributed by atoms with Crippen LogP contribution in [0.1, 0.15) is 233 Å². The second-order valence-corrected chi connectivity index (χ2v) is 15.3. The molecule has 0 bridgehead atoms. The standard InChI is InChI=1S/C48H86O6/c1-4-7-10-13-16-19-22-24-27-29-32-35-38-41-47(50)53-44-45(43-52-46(49)40-37-34-31-28-25-21-18-15-12-9-6-3)54-48(51)42-39-36-33-30-26-23-20-17-14-11-8-5-2/h8,11,15,17-18,20,45H,4-7,9-10,12-14,16,19,21-44H2,1-3H3/b11-8-,18-15-,20-17-. The van der Waals surface area contributed by atoms with E-state index in [1.54, 1.807) is 0 Å². The summed E-state index contributed by atoms with van der Waals surface area (Å²) >= 11 is 0. The van der Waals surface area contributed by atoms with Crippen molar-refractivity contribution in [1.29, 1.82) is 0 Å². The average Bonchev–Trinajstić information content (AvgIpc) is 3.17. The molecular weight excluding hydrogens is 673 g/mol. The van der Waals surface area contributed by atoms with Gasteiger partial charge in [0.15, 0.2) is 6.10 Å². The highest BCUT2D eigenvalue weighted by Crippen LogP contribution is 2.15. The molecule has 0 aromatic carbocycles. The fourth-order valence-electron chi connectivity index (χ4n) is 6.40. The molecule has 0 N–H and O–H groups in total. The van der Waals surface area contributed by atoms with Gasteiger partial charge in [0.2, 0.25) is 0 Å². The first-order chi connectivity index (χ1) is 26.5. The van der Waals surface area contributed by atoms with Gasteiger partial charge in [-0.15, -0.1) is 0 Å². The van der Waals surface area contributed by atoms with Crippen LogP contribution in [0.5, 0.6) is 0 Å². The number of ether oxygens (including phenoxy) is 3. The molecule has 1 atom stereocenters. The van der Waals surface area contributed by atoms with E-state index in [1.807, 2.05) is 0 Å². The number of esters is 3. The predicted molar refractivity (Wildman–Crippen MR) is 229 cm³/mol. The predicted octanol–water partition coefficient (Wildman–Crippen LogP) is 14.6. The molecule has 0 fully saturated rings. The summed E-state index contributed by atoms with van der Waals surface area (Å²) < 4.78 is 16.7. The Labute approximate surface area is 334 Å². The van der Waals surface area contributed by atoms with Gasteiger partial charge < -0.3 is 14.2 Å². The van der Waals surface area contributed by atoms with Crippen molar-refractivity contribution in [3.63, 3.8) is 0 Å². The summed E-state index contributed by atoms with van der Waals surface area (Å²) in [6, 6.07) is 0. The van der Waals surface area contributed by atoms with Gasteiger partial charge in [-0.1, -0.05) is 186 Å². The molecule has 54 heavy (non-hydrogen) atoms. The molecule has 6 nitrogen and oxygen atoms in total. The molecule has 0 rings (SSSR count). The molecule has 0 saturated heterocycles. The maximum absolute atomic E-state index is 12.7. The number of carbonyl (C=O) groups is 3. The van der Waals surface area contributed by atoms with E-state index >= 15 is 0 Å². The molecule has 0 aromatic heterocycles. The molecule has 0 radical (unpaired) electrons. The maximum Gasteiger partial charge on any atom is 0.306 e. The second-order valence-electron chi connectivity index (χ2n) is 15.3. The lowest BCUT2D eigenvalue weighted by molar-refractivity contribution is -0.167. The van der Waals surface area contributed by atoms with Gasteiger partial charge >= 0.3 is 17.9 Å². The van der Waals surface area contributed by atoms with E-state index in [9.17, 15) is 14.4 Å². The van der Waals surface area contributed by atoms with Crippen LogP contribution in [0.2, 0.25) is 0 Å². The molecule has 0 saturated carbocycles. The lowest BCUT2D eigenvalue weighted by Gasteiger charge is -2.18. The van der Waals surface area contributed by atoms with Gasteiger partial charge in [-0.25, -0.2) is 0 Å². The summed E-state index contributed by atoms with van der Waals surface area (Å²) in [4.78, 5) is 37.7. The minimum absolute atomic E-state index is 0.0784. The van der Waals surface area contributed by atoms with Crippen molar-refractivity contribution in [2.24, 2.45) is 0 Å². The summed E-state index contributed by atoms with van der Waals surface area (Å²) in [7, 11) is 0. The Morgan fingerprint density at radius 3 is 1.19 bits per heavy atom. The number of hydrogen-bond acceptors (Lipinski definition) is 6. The third-order valence-electron chi connectivity index (χ3n) is 9.88. The molecular formula is C48H86O6. The first-order valence-electron chi connectivity index (χ1n) is 23.0. The van der Waals surface area contributed by atoms with Crippen LogP contribution in [0.25, 0.3) is 0 Å². The van der Waals surface area contributed by atoms with Crippen LogP contribution in [0, 0.1) is 0 Å². The zero-order chi connectivity index (χ0) is 39.4. The van der Waals surface area contributed by atoms with Gasteiger partial charge in [-0.2, -0.15) is 0 Å². The molecule has 0 aliphatic rings. The van der Waals surface area contributed by atoms with Gasteiger partial charge in [-0.3, -0.25) is 14.4 Å². The summed E-state index contributed by atoms with van der Waals surface area (Å²) in [5.41, 5.74) is 0. The summed E-state index contributed by atoms with van der Waals surface area (Å²) in [6.45, 7) is 6.47. The van der Waals surface area contributed by atoms with Crippen molar-refractivity contribution in [2.45, 2.75) is 239 Å². The fraction of sp³-hybridized carbons (Fsp3) is 0.812. The van der Waals surface area contributed by atoms with E-state index in [2.05, 4.69) is 57.2 Å². The van der Waals surface area contributed by atoms with Gasteiger partial charge in [-0.05, 0) is 64.2 Å². The average molecular weight is 759 g/mol. The van der Waals surface area contributed by atoms with Crippen molar-refractivity contribution < 1.29 is 28.6 Å². The SMILES string of the molecule is CC/C=C\C/C=C\CCCCCCCC(=O)OC(COC(=O)CCCCCCC/C=C\CCCC)COC(=O)CCCCCCCCCCCCCCC. The van der Waals surface area contributed by atoms with E-state index in [4.69, 9.17) is 14.2 Å². The largest absolute Gasteiger partial charge is 0.462 e. The molecule has 0 aromatic rings.